The van der Waals surface area contributed by atoms with Crippen LogP contribution in [0.1, 0.15) is 18.5 Å². The molecule has 0 bridgehead atoms. The number of pyridine rings is 1. The summed E-state index contributed by atoms with van der Waals surface area (Å²) in [5, 5.41) is 12.3. The van der Waals surface area contributed by atoms with Gasteiger partial charge in [-0.3, -0.25) is 4.98 Å². The number of nitrogens with one attached hydrogen (secondary N) is 1. The molecule has 7 nitrogen and oxygen atoms in total. The lowest BCUT2D eigenvalue weighted by Gasteiger charge is -2.23. The molecule has 122 valence electrons. The maximum Gasteiger partial charge on any atom is 0.147 e. The van der Waals surface area contributed by atoms with Crippen LogP contribution in [-0.2, 0) is 4.74 Å². The quantitative estimate of drug-likeness (QED) is 0.918. The van der Waals surface area contributed by atoms with E-state index < -0.39 is 0 Å². The fraction of sp³-hybridized carbons (Fsp3) is 0.412. The summed E-state index contributed by atoms with van der Waals surface area (Å²) in [6.07, 6.45) is 7.09. The van der Waals surface area contributed by atoms with Gasteiger partial charge in [0.15, 0.2) is 0 Å². The summed E-state index contributed by atoms with van der Waals surface area (Å²) >= 11 is 0. The molecular formula is C17H18N6O. The Morgan fingerprint density at radius 2 is 2.33 bits per heavy atom. The van der Waals surface area contributed by atoms with E-state index in [4.69, 9.17) is 10.00 Å². The number of hydrogen-bond donors (Lipinski definition) is 1. The summed E-state index contributed by atoms with van der Waals surface area (Å²) in [5.74, 6) is 1.63. The molecule has 2 aliphatic heterocycles. The molecule has 0 unspecified atom stereocenters. The van der Waals surface area contributed by atoms with Crippen molar-refractivity contribution in [2.45, 2.75) is 24.5 Å². The Balaban J connectivity index is 1.40. The van der Waals surface area contributed by atoms with Gasteiger partial charge in [0.2, 0.25) is 0 Å². The minimum absolute atomic E-state index is 0.137. The van der Waals surface area contributed by atoms with Gasteiger partial charge in [0.25, 0.3) is 0 Å². The first kappa shape index (κ1) is 14.8. The molecule has 1 spiro atoms. The lowest BCUT2D eigenvalue weighted by molar-refractivity contribution is 0.0228. The van der Waals surface area contributed by atoms with Crippen LogP contribution < -0.4 is 10.2 Å². The van der Waals surface area contributed by atoms with Crippen molar-refractivity contribution in [3.63, 3.8) is 0 Å². The van der Waals surface area contributed by atoms with Crippen molar-refractivity contribution < 1.29 is 4.74 Å². The van der Waals surface area contributed by atoms with E-state index in [1.54, 1.807) is 24.7 Å². The van der Waals surface area contributed by atoms with Crippen molar-refractivity contribution >= 4 is 11.6 Å². The fourth-order valence-electron chi connectivity index (χ4n) is 3.50. The largest absolute Gasteiger partial charge is 0.371 e. The third kappa shape index (κ3) is 2.88. The van der Waals surface area contributed by atoms with Crippen molar-refractivity contribution in [2.75, 3.05) is 29.9 Å². The fourth-order valence-corrected chi connectivity index (χ4v) is 3.50. The second-order valence-electron chi connectivity index (χ2n) is 6.29. The van der Waals surface area contributed by atoms with Crippen LogP contribution in [0.5, 0.6) is 0 Å². The van der Waals surface area contributed by atoms with Gasteiger partial charge >= 0.3 is 0 Å². The molecular weight excluding hydrogens is 304 g/mol. The van der Waals surface area contributed by atoms with Gasteiger partial charge in [-0.2, -0.15) is 5.26 Å². The molecule has 24 heavy (non-hydrogen) atoms. The Morgan fingerprint density at radius 1 is 1.38 bits per heavy atom. The van der Waals surface area contributed by atoms with Gasteiger partial charge in [-0.25, -0.2) is 9.97 Å². The topological polar surface area (TPSA) is 87.0 Å². The van der Waals surface area contributed by atoms with Crippen molar-refractivity contribution in [3.05, 3.63) is 42.5 Å². The number of nitrogens with zero attached hydrogens (tertiary/aromatic N) is 5. The van der Waals surface area contributed by atoms with Crippen LogP contribution in [-0.4, -0.2) is 46.3 Å². The summed E-state index contributed by atoms with van der Waals surface area (Å²) < 4.78 is 6.15. The molecule has 2 saturated heterocycles. The van der Waals surface area contributed by atoms with Crippen LogP contribution in [0, 0.1) is 11.3 Å². The lowest BCUT2D eigenvalue weighted by atomic mass is 9.97. The number of ether oxygens (including phenoxy) is 1. The van der Waals surface area contributed by atoms with Crippen LogP contribution in [0.15, 0.2) is 36.8 Å². The van der Waals surface area contributed by atoms with Crippen LogP contribution in [0.3, 0.4) is 0 Å². The molecule has 2 aromatic heterocycles. The van der Waals surface area contributed by atoms with Crippen LogP contribution in [0.2, 0.25) is 0 Å². The normalized spacial score (nSPS) is 25.8. The standard InChI is InChI=1S/C17H18N6O/c18-9-13-2-1-3-15(21-13)22-14-8-17(24-11-14)4-7-23(12-17)16-10-19-5-6-20-16/h1-3,5-6,10,14H,4,7-8,11-12H2,(H,21,22)/t14-,17+/m0/s1. The first-order valence-electron chi connectivity index (χ1n) is 8.05. The van der Waals surface area contributed by atoms with Crippen molar-refractivity contribution in [3.8, 4) is 6.07 Å². The molecule has 2 atom stereocenters. The highest BCUT2D eigenvalue weighted by atomic mass is 16.5. The van der Waals surface area contributed by atoms with E-state index in [9.17, 15) is 0 Å². The third-order valence-electron chi connectivity index (χ3n) is 4.61. The predicted octanol–water partition coefficient (Wildman–Crippen LogP) is 1.59. The second-order valence-corrected chi connectivity index (χ2v) is 6.29. The minimum atomic E-state index is -0.137. The molecule has 2 aromatic rings. The zero-order valence-corrected chi connectivity index (χ0v) is 13.2. The Hall–Kier alpha value is -2.72. The monoisotopic (exact) mass is 322 g/mol. The summed E-state index contributed by atoms with van der Waals surface area (Å²) in [5.41, 5.74) is 0.283. The van der Waals surface area contributed by atoms with Crippen LogP contribution in [0.4, 0.5) is 11.6 Å². The summed E-state index contributed by atoms with van der Waals surface area (Å²) in [7, 11) is 0. The summed E-state index contributed by atoms with van der Waals surface area (Å²) in [4.78, 5) is 15.0. The van der Waals surface area contributed by atoms with E-state index in [1.807, 2.05) is 12.1 Å². The van der Waals surface area contributed by atoms with Gasteiger partial charge in [0, 0.05) is 31.9 Å². The molecule has 0 radical (unpaired) electrons. The smallest absolute Gasteiger partial charge is 0.147 e. The highest BCUT2D eigenvalue weighted by Gasteiger charge is 2.46. The van der Waals surface area contributed by atoms with Crippen molar-refractivity contribution in [2.24, 2.45) is 0 Å². The maximum absolute atomic E-state index is 8.95. The van der Waals surface area contributed by atoms with Gasteiger partial charge in [-0.05, 0) is 18.6 Å². The number of hydrogen-bond acceptors (Lipinski definition) is 7. The Bertz CT molecular complexity index is 761. The number of aromatic nitrogens is 3. The van der Waals surface area contributed by atoms with E-state index in [2.05, 4.69) is 31.2 Å². The van der Waals surface area contributed by atoms with Crippen LogP contribution >= 0.6 is 0 Å². The molecule has 2 aliphatic rings. The minimum Gasteiger partial charge on any atom is -0.371 e. The zero-order chi connectivity index (χ0) is 16.4. The van der Waals surface area contributed by atoms with Crippen molar-refractivity contribution in [1.82, 2.24) is 15.0 Å². The first-order chi connectivity index (χ1) is 11.8. The molecule has 2 fully saturated rings. The summed E-state index contributed by atoms with van der Waals surface area (Å²) in [6.45, 7) is 2.40. The number of rotatable bonds is 3. The van der Waals surface area contributed by atoms with Gasteiger partial charge in [0.1, 0.15) is 23.4 Å². The number of anilines is 2. The highest BCUT2D eigenvalue weighted by molar-refractivity contribution is 5.41. The molecule has 0 amide bonds. The van der Waals surface area contributed by atoms with Gasteiger partial charge < -0.3 is 15.0 Å². The molecule has 7 heteroatoms. The molecule has 0 aromatic carbocycles. The maximum atomic E-state index is 8.95. The summed E-state index contributed by atoms with van der Waals surface area (Å²) in [6, 6.07) is 7.69. The van der Waals surface area contributed by atoms with E-state index >= 15 is 0 Å². The van der Waals surface area contributed by atoms with E-state index in [0.29, 0.717) is 12.3 Å². The average Bonchev–Trinajstić information content (AvgIpc) is 3.23. The third-order valence-corrected chi connectivity index (χ3v) is 4.61. The van der Waals surface area contributed by atoms with Crippen LogP contribution in [0.25, 0.3) is 0 Å². The SMILES string of the molecule is N#Cc1cccc(N[C@@H]2CO[C@]3(CCN(c4cnccn4)C3)C2)n1. The lowest BCUT2D eigenvalue weighted by Crippen LogP contribution is -2.34. The Labute approximate surface area is 140 Å². The first-order valence-corrected chi connectivity index (χ1v) is 8.05. The zero-order valence-electron chi connectivity index (χ0n) is 13.2. The molecule has 1 N–H and O–H groups in total. The highest BCUT2D eigenvalue weighted by Crippen LogP contribution is 2.37. The predicted molar refractivity (Wildman–Crippen MR) is 88.5 cm³/mol. The van der Waals surface area contributed by atoms with E-state index in [0.717, 1.165) is 37.6 Å². The molecule has 0 saturated carbocycles. The molecule has 4 rings (SSSR count). The molecule has 4 heterocycles. The number of nitriles is 1. The van der Waals surface area contributed by atoms with Crippen molar-refractivity contribution in [1.29, 1.82) is 5.26 Å². The average molecular weight is 322 g/mol. The van der Waals surface area contributed by atoms with Gasteiger partial charge in [0.05, 0.1) is 24.4 Å². The van der Waals surface area contributed by atoms with Gasteiger partial charge in [-0.1, -0.05) is 6.07 Å². The second kappa shape index (κ2) is 6.06. The Morgan fingerprint density at radius 3 is 3.17 bits per heavy atom. The molecule has 0 aliphatic carbocycles. The Kier molecular flexibility index (Phi) is 3.75. The van der Waals surface area contributed by atoms with E-state index in [-0.39, 0.29) is 11.6 Å². The van der Waals surface area contributed by atoms with E-state index in [1.165, 1.54) is 0 Å². The van der Waals surface area contributed by atoms with Gasteiger partial charge in [-0.15, -0.1) is 0 Å².